The molecule has 0 aliphatic carbocycles. The van der Waals surface area contributed by atoms with Crippen molar-refractivity contribution in [3.05, 3.63) is 125 Å². The lowest BCUT2D eigenvalue weighted by molar-refractivity contribution is 0.103. The van der Waals surface area contributed by atoms with Crippen LogP contribution in [0.4, 0.5) is 0 Å². The quantitative estimate of drug-likeness (QED) is 0.355. The van der Waals surface area contributed by atoms with Gasteiger partial charge in [0, 0.05) is 22.3 Å². The Labute approximate surface area is 180 Å². The highest BCUT2D eigenvalue weighted by atomic mass is 16.5. The lowest BCUT2D eigenvalue weighted by Crippen LogP contribution is -2.06. The van der Waals surface area contributed by atoms with Crippen LogP contribution in [0.25, 0.3) is 0 Å². The van der Waals surface area contributed by atoms with Crippen LogP contribution in [-0.2, 0) is 0 Å². The maximum Gasteiger partial charge on any atom is 0.193 e. The van der Waals surface area contributed by atoms with Gasteiger partial charge in [-0.25, -0.2) is 0 Å². The third-order valence-corrected chi connectivity index (χ3v) is 4.83. The number of benzene rings is 4. The summed E-state index contributed by atoms with van der Waals surface area (Å²) in [5.41, 5.74) is 1.97. The first-order valence-corrected chi connectivity index (χ1v) is 9.80. The molecule has 4 nitrogen and oxygen atoms in total. The van der Waals surface area contributed by atoms with Gasteiger partial charge in [0.15, 0.2) is 11.6 Å². The Morgan fingerprint density at radius 1 is 0.516 bits per heavy atom. The van der Waals surface area contributed by atoms with Crippen LogP contribution in [0.2, 0.25) is 0 Å². The molecule has 0 N–H and O–H groups in total. The normalized spacial score (nSPS) is 10.4. The zero-order valence-electron chi connectivity index (χ0n) is 16.9. The second kappa shape index (κ2) is 9.09. The molecular formula is C27H20O4. The molecule has 0 aliphatic rings. The first-order chi connectivity index (χ1) is 15.1. The van der Waals surface area contributed by atoms with Crippen LogP contribution in [0.5, 0.6) is 17.2 Å². The number of hydrogen-bond donors (Lipinski definition) is 0. The van der Waals surface area contributed by atoms with E-state index in [2.05, 4.69) is 0 Å². The van der Waals surface area contributed by atoms with Gasteiger partial charge in [0.25, 0.3) is 0 Å². The standard InChI is InChI=1S/C27H20O4/c1-30-23-14-10-19(11-15-23)26(28)21-6-5-7-22(18-21)27(29)20-12-16-25(17-13-20)31-24-8-3-2-4-9-24/h2-18H,1H3. The monoisotopic (exact) mass is 408 g/mol. The van der Waals surface area contributed by atoms with Crippen molar-refractivity contribution in [3.63, 3.8) is 0 Å². The van der Waals surface area contributed by atoms with Crippen molar-refractivity contribution in [2.75, 3.05) is 7.11 Å². The first-order valence-electron chi connectivity index (χ1n) is 9.80. The SMILES string of the molecule is COc1ccc(C(=O)c2cccc(C(=O)c3ccc(Oc4ccccc4)cc3)c2)cc1. The summed E-state index contributed by atoms with van der Waals surface area (Å²) in [7, 11) is 1.58. The third kappa shape index (κ3) is 4.70. The maximum absolute atomic E-state index is 12.9. The van der Waals surface area contributed by atoms with Crippen molar-refractivity contribution in [1.82, 2.24) is 0 Å². The summed E-state index contributed by atoms with van der Waals surface area (Å²) in [5.74, 6) is 1.75. The van der Waals surface area contributed by atoms with E-state index in [4.69, 9.17) is 9.47 Å². The Balaban J connectivity index is 1.51. The molecule has 4 rings (SSSR count). The Morgan fingerprint density at radius 3 is 1.52 bits per heavy atom. The van der Waals surface area contributed by atoms with Gasteiger partial charge in [-0.3, -0.25) is 9.59 Å². The molecule has 0 heterocycles. The van der Waals surface area contributed by atoms with E-state index in [1.807, 2.05) is 30.3 Å². The topological polar surface area (TPSA) is 52.6 Å². The molecule has 4 aromatic carbocycles. The van der Waals surface area contributed by atoms with E-state index >= 15 is 0 Å². The molecule has 0 unspecified atom stereocenters. The molecule has 0 saturated heterocycles. The minimum absolute atomic E-state index is 0.149. The minimum Gasteiger partial charge on any atom is -0.497 e. The van der Waals surface area contributed by atoms with Crippen molar-refractivity contribution in [2.24, 2.45) is 0 Å². The second-order valence-electron chi connectivity index (χ2n) is 6.91. The molecule has 0 saturated carbocycles. The zero-order chi connectivity index (χ0) is 21.6. The molecule has 0 bridgehead atoms. The van der Waals surface area contributed by atoms with Gasteiger partial charge in [0.2, 0.25) is 0 Å². The van der Waals surface area contributed by atoms with E-state index in [-0.39, 0.29) is 11.6 Å². The van der Waals surface area contributed by atoms with Crippen molar-refractivity contribution < 1.29 is 19.1 Å². The van der Waals surface area contributed by atoms with Crippen molar-refractivity contribution in [2.45, 2.75) is 0 Å². The van der Waals surface area contributed by atoms with E-state index in [0.29, 0.717) is 33.8 Å². The highest BCUT2D eigenvalue weighted by molar-refractivity contribution is 6.13. The molecule has 0 aromatic heterocycles. The number of carbonyl (C=O) groups excluding carboxylic acids is 2. The molecule has 4 aromatic rings. The fourth-order valence-corrected chi connectivity index (χ4v) is 3.18. The second-order valence-corrected chi connectivity index (χ2v) is 6.91. The molecule has 0 aliphatic heterocycles. The smallest absolute Gasteiger partial charge is 0.193 e. The Bertz CT molecular complexity index is 1190. The predicted octanol–water partition coefficient (Wildman–Crippen LogP) is 5.95. The average Bonchev–Trinajstić information content (AvgIpc) is 2.84. The van der Waals surface area contributed by atoms with Gasteiger partial charge in [-0.05, 0) is 66.7 Å². The summed E-state index contributed by atoms with van der Waals surface area (Å²) in [6, 6.07) is 30.1. The number of rotatable bonds is 7. The fourth-order valence-electron chi connectivity index (χ4n) is 3.18. The highest BCUT2D eigenvalue weighted by Gasteiger charge is 2.14. The van der Waals surface area contributed by atoms with Crippen molar-refractivity contribution >= 4 is 11.6 Å². The fraction of sp³-hybridized carbons (Fsp3) is 0.0370. The molecule has 31 heavy (non-hydrogen) atoms. The van der Waals surface area contributed by atoms with Crippen LogP contribution in [0.3, 0.4) is 0 Å². The first kappa shape index (κ1) is 20.1. The third-order valence-electron chi connectivity index (χ3n) is 4.83. The number of hydrogen-bond acceptors (Lipinski definition) is 4. The molecule has 0 radical (unpaired) electrons. The molecule has 4 heteroatoms. The van der Waals surface area contributed by atoms with Crippen molar-refractivity contribution in [1.29, 1.82) is 0 Å². The molecule has 152 valence electrons. The van der Waals surface area contributed by atoms with Crippen LogP contribution in [0, 0.1) is 0 Å². The molecule has 0 amide bonds. The van der Waals surface area contributed by atoms with E-state index in [0.717, 1.165) is 5.75 Å². The van der Waals surface area contributed by atoms with Crippen LogP contribution in [-0.4, -0.2) is 18.7 Å². The molecule has 0 spiro atoms. The van der Waals surface area contributed by atoms with Gasteiger partial charge in [0.05, 0.1) is 7.11 Å². The Kier molecular flexibility index (Phi) is 5.90. The maximum atomic E-state index is 12.9. The van der Waals surface area contributed by atoms with Crippen LogP contribution in [0.15, 0.2) is 103 Å². The largest absolute Gasteiger partial charge is 0.497 e. The summed E-state index contributed by atoms with van der Waals surface area (Å²) in [4.78, 5) is 25.7. The lowest BCUT2D eigenvalue weighted by atomic mass is 9.97. The summed E-state index contributed by atoms with van der Waals surface area (Å²) >= 11 is 0. The van der Waals surface area contributed by atoms with Gasteiger partial charge in [0.1, 0.15) is 17.2 Å². The Hall–Kier alpha value is -4.18. The van der Waals surface area contributed by atoms with Gasteiger partial charge < -0.3 is 9.47 Å². The molecule has 0 atom stereocenters. The van der Waals surface area contributed by atoms with Crippen LogP contribution < -0.4 is 9.47 Å². The summed E-state index contributed by atoms with van der Waals surface area (Å²) in [6.07, 6.45) is 0. The van der Waals surface area contributed by atoms with E-state index < -0.39 is 0 Å². The lowest BCUT2D eigenvalue weighted by Gasteiger charge is -2.08. The summed E-state index contributed by atoms with van der Waals surface area (Å²) in [6.45, 7) is 0. The van der Waals surface area contributed by atoms with Crippen molar-refractivity contribution in [3.8, 4) is 17.2 Å². The summed E-state index contributed by atoms with van der Waals surface area (Å²) in [5, 5.41) is 0. The number of carbonyl (C=O) groups is 2. The number of ketones is 2. The van der Waals surface area contributed by atoms with E-state index in [1.54, 1.807) is 79.9 Å². The Morgan fingerprint density at radius 2 is 1.00 bits per heavy atom. The van der Waals surface area contributed by atoms with Gasteiger partial charge in [-0.15, -0.1) is 0 Å². The minimum atomic E-state index is -0.157. The van der Waals surface area contributed by atoms with Gasteiger partial charge in [-0.2, -0.15) is 0 Å². The van der Waals surface area contributed by atoms with Gasteiger partial charge >= 0.3 is 0 Å². The summed E-state index contributed by atoms with van der Waals surface area (Å²) < 4.78 is 10.9. The average molecular weight is 408 g/mol. The van der Waals surface area contributed by atoms with E-state index in [9.17, 15) is 9.59 Å². The molecular weight excluding hydrogens is 388 g/mol. The highest BCUT2D eigenvalue weighted by Crippen LogP contribution is 2.23. The number of methoxy groups -OCH3 is 1. The molecule has 0 fully saturated rings. The van der Waals surface area contributed by atoms with Gasteiger partial charge in [-0.1, -0.05) is 36.4 Å². The van der Waals surface area contributed by atoms with Crippen LogP contribution in [0.1, 0.15) is 31.8 Å². The van der Waals surface area contributed by atoms with Crippen LogP contribution >= 0.6 is 0 Å². The number of para-hydroxylation sites is 1. The number of ether oxygens (including phenoxy) is 2. The predicted molar refractivity (Wildman–Crippen MR) is 119 cm³/mol. The van der Waals surface area contributed by atoms with E-state index in [1.165, 1.54) is 0 Å². The zero-order valence-corrected chi connectivity index (χ0v) is 16.9.